The molecule has 1 aromatic carbocycles. The Morgan fingerprint density at radius 1 is 1.47 bits per heavy atom. The zero-order valence-corrected chi connectivity index (χ0v) is 11.6. The maximum absolute atomic E-state index is 10.5. The van der Waals surface area contributed by atoms with Crippen molar-refractivity contribution in [1.82, 2.24) is 15.0 Å². The normalized spacial score (nSPS) is 12.4. The molecule has 0 aliphatic rings. The summed E-state index contributed by atoms with van der Waals surface area (Å²) in [6.07, 6.45) is 1.54. The maximum Gasteiger partial charge on any atom is 0.127 e. The number of halogens is 1. The number of aliphatic hydroxyl groups excluding tert-OH is 1. The molecular formula is C13H16ClN3O2. The summed E-state index contributed by atoms with van der Waals surface area (Å²) in [4.78, 5) is 0. The Morgan fingerprint density at radius 2 is 2.26 bits per heavy atom. The zero-order chi connectivity index (χ0) is 13.8. The highest BCUT2D eigenvalue weighted by Crippen LogP contribution is 2.35. The highest BCUT2D eigenvalue weighted by atomic mass is 35.5. The van der Waals surface area contributed by atoms with Gasteiger partial charge < -0.3 is 9.84 Å². The van der Waals surface area contributed by atoms with Gasteiger partial charge in [0, 0.05) is 12.1 Å². The van der Waals surface area contributed by atoms with Crippen LogP contribution in [0.25, 0.3) is 0 Å². The summed E-state index contributed by atoms with van der Waals surface area (Å²) in [5, 5.41) is 18.8. The molecule has 0 fully saturated rings. The molecule has 0 amide bonds. The molecule has 0 aliphatic carbocycles. The molecule has 1 unspecified atom stereocenters. The molecule has 2 rings (SSSR count). The van der Waals surface area contributed by atoms with Crippen LogP contribution in [0.1, 0.15) is 30.7 Å². The summed E-state index contributed by atoms with van der Waals surface area (Å²) >= 11 is 6.16. The number of hydrogen-bond acceptors (Lipinski definition) is 4. The van der Waals surface area contributed by atoms with Gasteiger partial charge in [0.15, 0.2) is 0 Å². The van der Waals surface area contributed by atoms with Crippen LogP contribution in [0.3, 0.4) is 0 Å². The fourth-order valence-corrected chi connectivity index (χ4v) is 2.24. The van der Waals surface area contributed by atoms with E-state index in [0.29, 0.717) is 28.6 Å². The van der Waals surface area contributed by atoms with Crippen LogP contribution < -0.4 is 4.74 Å². The Balaban J connectivity index is 2.43. The first-order valence-corrected chi connectivity index (χ1v) is 6.45. The van der Waals surface area contributed by atoms with Crippen molar-refractivity contribution >= 4 is 11.6 Å². The van der Waals surface area contributed by atoms with Gasteiger partial charge in [-0.25, -0.2) is 4.68 Å². The molecule has 1 N–H and O–H groups in total. The van der Waals surface area contributed by atoms with Crippen LogP contribution in [0.4, 0.5) is 0 Å². The van der Waals surface area contributed by atoms with E-state index in [-0.39, 0.29) is 0 Å². The van der Waals surface area contributed by atoms with Crippen molar-refractivity contribution in [2.45, 2.75) is 26.0 Å². The van der Waals surface area contributed by atoms with E-state index in [1.54, 1.807) is 36.2 Å². The lowest BCUT2D eigenvalue weighted by atomic mass is 10.1. The molecule has 0 radical (unpaired) electrons. The first-order valence-electron chi connectivity index (χ1n) is 6.07. The summed E-state index contributed by atoms with van der Waals surface area (Å²) in [7, 11) is 1.55. The number of aryl methyl sites for hydroxylation is 1. The molecule has 0 spiro atoms. The van der Waals surface area contributed by atoms with E-state index in [4.69, 9.17) is 16.3 Å². The molecule has 1 heterocycles. The van der Waals surface area contributed by atoms with E-state index in [9.17, 15) is 5.11 Å². The number of hydrogen-bond donors (Lipinski definition) is 1. The lowest BCUT2D eigenvalue weighted by molar-refractivity contribution is 0.202. The van der Waals surface area contributed by atoms with Crippen molar-refractivity contribution in [2.75, 3.05) is 7.11 Å². The summed E-state index contributed by atoms with van der Waals surface area (Å²) in [6.45, 7) is 2.73. The van der Waals surface area contributed by atoms with Crippen molar-refractivity contribution in [2.24, 2.45) is 0 Å². The first kappa shape index (κ1) is 13.8. The summed E-state index contributed by atoms with van der Waals surface area (Å²) < 4.78 is 6.92. The van der Waals surface area contributed by atoms with Crippen LogP contribution in [0.5, 0.6) is 5.75 Å². The van der Waals surface area contributed by atoms with Crippen LogP contribution in [0.2, 0.25) is 5.02 Å². The number of rotatable bonds is 5. The van der Waals surface area contributed by atoms with Crippen LogP contribution >= 0.6 is 11.6 Å². The first-order chi connectivity index (χ1) is 9.19. The van der Waals surface area contributed by atoms with Crippen LogP contribution in [0, 0.1) is 0 Å². The van der Waals surface area contributed by atoms with Gasteiger partial charge in [-0.05, 0) is 18.6 Å². The largest absolute Gasteiger partial charge is 0.496 e. The molecule has 0 aliphatic heterocycles. The van der Waals surface area contributed by atoms with E-state index < -0.39 is 6.10 Å². The third-order valence-electron chi connectivity index (χ3n) is 2.87. The standard InChI is InChI=1S/C13H16ClN3O2/c1-3-7-17-10(8-15-16-17)13(18)12-9(14)5-4-6-11(12)19-2/h4-6,8,13,18H,3,7H2,1-2H3. The second-order valence-electron chi connectivity index (χ2n) is 4.14. The summed E-state index contributed by atoms with van der Waals surface area (Å²) in [6, 6.07) is 5.26. The van der Waals surface area contributed by atoms with Crippen molar-refractivity contribution in [1.29, 1.82) is 0 Å². The number of aromatic nitrogens is 3. The molecule has 0 bridgehead atoms. The third-order valence-corrected chi connectivity index (χ3v) is 3.20. The Hall–Kier alpha value is -1.59. The molecule has 1 aromatic heterocycles. The number of nitrogens with zero attached hydrogens (tertiary/aromatic N) is 3. The average Bonchev–Trinajstić information content (AvgIpc) is 2.86. The fourth-order valence-electron chi connectivity index (χ4n) is 1.97. The van der Waals surface area contributed by atoms with E-state index in [2.05, 4.69) is 10.3 Å². The minimum absolute atomic E-state index is 0.455. The van der Waals surface area contributed by atoms with E-state index >= 15 is 0 Å². The number of ether oxygens (including phenoxy) is 1. The Kier molecular flexibility index (Phi) is 4.39. The molecule has 102 valence electrons. The quantitative estimate of drug-likeness (QED) is 0.914. The number of aliphatic hydroxyl groups is 1. The highest BCUT2D eigenvalue weighted by Gasteiger charge is 2.22. The Bertz CT molecular complexity index is 557. The second-order valence-corrected chi connectivity index (χ2v) is 4.55. The van der Waals surface area contributed by atoms with E-state index in [0.717, 1.165) is 6.42 Å². The van der Waals surface area contributed by atoms with Gasteiger partial charge in [0.1, 0.15) is 11.9 Å². The Labute approximate surface area is 116 Å². The van der Waals surface area contributed by atoms with Gasteiger partial charge in [-0.1, -0.05) is 29.8 Å². The maximum atomic E-state index is 10.5. The van der Waals surface area contributed by atoms with Crippen LogP contribution in [-0.4, -0.2) is 27.2 Å². The van der Waals surface area contributed by atoms with Crippen LogP contribution in [-0.2, 0) is 6.54 Å². The van der Waals surface area contributed by atoms with E-state index in [1.165, 1.54) is 0 Å². The van der Waals surface area contributed by atoms with Gasteiger partial charge in [-0.2, -0.15) is 0 Å². The summed E-state index contributed by atoms with van der Waals surface area (Å²) in [5.41, 5.74) is 1.14. The van der Waals surface area contributed by atoms with Gasteiger partial charge in [0.2, 0.25) is 0 Å². The molecule has 19 heavy (non-hydrogen) atoms. The van der Waals surface area contributed by atoms with Gasteiger partial charge in [-0.15, -0.1) is 5.10 Å². The van der Waals surface area contributed by atoms with Gasteiger partial charge in [0.25, 0.3) is 0 Å². The Morgan fingerprint density at radius 3 is 2.95 bits per heavy atom. The fraction of sp³-hybridized carbons (Fsp3) is 0.385. The number of methoxy groups -OCH3 is 1. The zero-order valence-electron chi connectivity index (χ0n) is 10.9. The molecule has 2 aromatic rings. The molecule has 0 saturated carbocycles. The van der Waals surface area contributed by atoms with Crippen molar-refractivity contribution in [3.63, 3.8) is 0 Å². The van der Waals surface area contributed by atoms with Gasteiger partial charge in [-0.3, -0.25) is 0 Å². The monoisotopic (exact) mass is 281 g/mol. The van der Waals surface area contributed by atoms with Gasteiger partial charge >= 0.3 is 0 Å². The molecular weight excluding hydrogens is 266 g/mol. The molecule has 5 nitrogen and oxygen atoms in total. The smallest absolute Gasteiger partial charge is 0.127 e. The predicted octanol–water partition coefficient (Wildman–Crippen LogP) is 2.43. The lowest BCUT2D eigenvalue weighted by Gasteiger charge is -2.16. The minimum Gasteiger partial charge on any atom is -0.496 e. The molecule has 1 atom stereocenters. The topological polar surface area (TPSA) is 60.2 Å². The average molecular weight is 282 g/mol. The minimum atomic E-state index is -0.912. The highest BCUT2D eigenvalue weighted by molar-refractivity contribution is 6.31. The van der Waals surface area contributed by atoms with Crippen LogP contribution in [0.15, 0.2) is 24.4 Å². The SMILES string of the molecule is CCCn1nncc1C(O)c1c(Cl)cccc1OC. The number of benzene rings is 1. The van der Waals surface area contributed by atoms with Crippen molar-refractivity contribution in [3.8, 4) is 5.75 Å². The lowest BCUT2D eigenvalue weighted by Crippen LogP contribution is -2.11. The molecule has 0 saturated heterocycles. The van der Waals surface area contributed by atoms with E-state index in [1.807, 2.05) is 6.92 Å². The predicted molar refractivity (Wildman–Crippen MR) is 72.4 cm³/mol. The van der Waals surface area contributed by atoms with Gasteiger partial charge in [0.05, 0.1) is 24.0 Å². The summed E-state index contributed by atoms with van der Waals surface area (Å²) in [5.74, 6) is 0.546. The molecule has 6 heteroatoms. The third kappa shape index (κ3) is 2.72. The van der Waals surface area contributed by atoms with Crippen molar-refractivity contribution in [3.05, 3.63) is 40.7 Å². The van der Waals surface area contributed by atoms with Crippen molar-refractivity contribution < 1.29 is 9.84 Å². The second kappa shape index (κ2) is 6.04.